The van der Waals surface area contributed by atoms with E-state index in [1.165, 1.54) is 12.8 Å². The normalized spacial score (nSPS) is 17.5. The van der Waals surface area contributed by atoms with E-state index >= 15 is 0 Å². The molecule has 1 saturated heterocycles. The number of carbonyl (C=O) groups is 1. The van der Waals surface area contributed by atoms with Crippen molar-refractivity contribution in [3.05, 3.63) is 59.9 Å². The number of aromatic nitrogens is 1. The molecule has 1 aliphatic heterocycles. The van der Waals surface area contributed by atoms with Gasteiger partial charge in [0.15, 0.2) is 0 Å². The zero-order valence-corrected chi connectivity index (χ0v) is 18.2. The number of carbonyl (C=O) groups excluding carboxylic acids is 1. The first-order valence-corrected chi connectivity index (χ1v) is 11.5. The molecule has 31 heavy (non-hydrogen) atoms. The van der Waals surface area contributed by atoms with Crippen LogP contribution in [0.2, 0.25) is 0 Å². The van der Waals surface area contributed by atoms with Crippen LogP contribution in [-0.4, -0.2) is 66.2 Å². The number of rotatable bonds is 9. The highest BCUT2D eigenvalue weighted by Gasteiger charge is 2.19. The van der Waals surface area contributed by atoms with Crippen LogP contribution in [0.15, 0.2) is 48.8 Å². The lowest BCUT2D eigenvalue weighted by molar-refractivity contribution is 0.0355. The molecular weight excluding hydrogens is 390 g/mol. The molecule has 1 aromatic heterocycles. The lowest BCUT2D eigenvalue weighted by Crippen LogP contribution is -2.39. The Kier molecular flexibility index (Phi) is 7.91. The van der Waals surface area contributed by atoms with E-state index in [-0.39, 0.29) is 5.91 Å². The van der Waals surface area contributed by atoms with E-state index in [0.717, 1.165) is 70.0 Å². The van der Waals surface area contributed by atoms with Gasteiger partial charge >= 0.3 is 0 Å². The molecule has 2 aromatic rings. The summed E-state index contributed by atoms with van der Waals surface area (Å²) in [6.45, 7) is 5.84. The number of ether oxygens (including phenoxy) is 2. The van der Waals surface area contributed by atoms with Crippen molar-refractivity contribution >= 4 is 5.91 Å². The number of benzene rings is 1. The Morgan fingerprint density at radius 2 is 1.77 bits per heavy atom. The van der Waals surface area contributed by atoms with Gasteiger partial charge in [-0.25, -0.2) is 0 Å². The number of amides is 1. The molecule has 166 valence electrons. The molecule has 1 saturated carbocycles. The van der Waals surface area contributed by atoms with Gasteiger partial charge in [0.05, 0.1) is 19.3 Å². The Labute approximate surface area is 185 Å². The van der Waals surface area contributed by atoms with Crippen LogP contribution >= 0.6 is 0 Å². The van der Waals surface area contributed by atoms with Gasteiger partial charge in [-0.05, 0) is 74.1 Å². The summed E-state index contributed by atoms with van der Waals surface area (Å²) >= 11 is 0. The summed E-state index contributed by atoms with van der Waals surface area (Å²) in [7, 11) is 0. The number of hydrogen-bond donors (Lipinski definition) is 0. The predicted molar refractivity (Wildman–Crippen MR) is 120 cm³/mol. The molecule has 6 heteroatoms. The van der Waals surface area contributed by atoms with Crippen LogP contribution in [0.25, 0.3) is 0 Å². The Morgan fingerprint density at radius 1 is 1.06 bits per heavy atom. The van der Waals surface area contributed by atoms with E-state index in [9.17, 15) is 4.79 Å². The molecule has 0 unspecified atom stereocenters. The summed E-state index contributed by atoms with van der Waals surface area (Å²) in [6, 6.07) is 11.6. The van der Waals surface area contributed by atoms with Crippen LogP contribution in [0.4, 0.5) is 0 Å². The van der Waals surface area contributed by atoms with Crippen LogP contribution in [0.1, 0.15) is 48.0 Å². The third-order valence-electron chi connectivity index (χ3n) is 6.12. The van der Waals surface area contributed by atoms with Crippen molar-refractivity contribution < 1.29 is 14.3 Å². The molecule has 0 spiro atoms. The summed E-state index contributed by atoms with van der Waals surface area (Å²) < 4.78 is 11.5. The van der Waals surface area contributed by atoms with Crippen LogP contribution in [0, 0.1) is 0 Å². The molecular formula is C25H33N3O3. The highest BCUT2D eigenvalue weighted by Crippen LogP contribution is 2.24. The van der Waals surface area contributed by atoms with Crippen molar-refractivity contribution in [2.75, 3.05) is 39.4 Å². The Morgan fingerprint density at radius 3 is 2.48 bits per heavy atom. The lowest BCUT2D eigenvalue weighted by Gasteiger charge is -2.28. The SMILES string of the molecule is O=C(c1ccc(OC2CCCC2)cc1)N(CCCN1CCOCC1)Cc1ccncc1. The van der Waals surface area contributed by atoms with Gasteiger partial charge in [-0.2, -0.15) is 0 Å². The largest absolute Gasteiger partial charge is 0.490 e. The topological polar surface area (TPSA) is 54.9 Å². The van der Waals surface area contributed by atoms with Gasteiger partial charge < -0.3 is 14.4 Å². The molecule has 0 bridgehead atoms. The van der Waals surface area contributed by atoms with E-state index in [0.29, 0.717) is 18.2 Å². The molecule has 1 aliphatic carbocycles. The fraction of sp³-hybridized carbons (Fsp3) is 0.520. The second-order valence-corrected chi connectivity index (χ2v) is 8.44. The summed E-state index contributed by atoms with van der Waals surface area (Å²) in [4.78, 5) is 21.8. The van der Waals surface area contributed by atoms with Gasteiger partial charge in [0.1, 0.15) is 5.75 Å². The predicted octanol–water partition coefficient (Wildman–Crippen LogP) is 3.77. The molecule has 6 nitrogen and oxygen atoms in total. The average Bonchev–Trinajstić information content (AvgIpc) is 3.33. The van der Waals surface area contributed by atoms with E-state index in [2.05, 4.69) is 9.88 Å². The van der Waals surface area contributed by atoms with Crippen LogP contribution in [-0.2, 0) is 11.3 Å². The van der Waals surface area contributed by atoms with Gasteiger partial charge in [0.25, 0.3) is 5.91 Å². The van der Waals surface area contributed by atoms with Gasteiger partial charge in [-0.3, -0.25) is 14.7 Å². The first-order valence-electron chi connectivity index (χ1n) is 11.5. The van der Waals surface area contributed by atoms with Crippen LogP contribution < -0.4 is 4.74 Å². The summed E-state index contributed by atoms with van der Waals surface area (Å²) in [5.41, 5.74) is 1.80. The zero-order chi connectivity index (χ0) is 21.3. The van der Waals surface area contributed by atoms with Gasteiger partial charge in [-0.1, -0.05) is 0 Å². The van der Waals surface area contributed by atoms with E-state index < -0.39 is 0 Å². The Hall–Kier alpha value is -2.44. The van der Waals surface area contributed by atoms with Crippen LogP contribution in [0.5, 0.6) is 5.75 Å². The standard InChI is InChI=1S/C25H33N3O3/c29-25(22-6-8-24(9-7-22)31-23-4-1-2-5-23)28(20-21-10-12-26-13-11-21)15-3-14-27-16-18-30-19-17-27/h6-13,23H,1-5,14-20H2. The summed E-state index contributed by atoms with van der Waals surface area (Å²) in [5.74, 6) is 0.919. The van der Waals surface area contributed by atoms with E-state index in [1.54, 1.807) is 12.4 Å². The maximum atomic E-state index is 13.3. The molecule has 0 radical (unpaired) electrons. The van der Waals surface area contributed by atoms with Crippen molar-refractivity contribution in [1.82, 2.24) is 14.8 Å². The fourth-order valence-corrected chi connectivity index (χ4v) is 4.33. The van der Waals surface area contributed by atoms with Crippen molar-refractivity contribution in [2.45, 2.75) is 44.8 Å². The minimum absolute atomic E-state index is 0.0613. The van der Waals surface area contributed by atoms with Crippen LogP contribution in [0.3, 0.4) is 0 Å². The van der Waals surface area contributed by atoms with Gasteiger partial charge in [0.2, 0.25) is 0 Å². The van der Waals surface area contributed by atoms with Crippen molar-refractivity contribution in [3.8, 4) is 5.75 Å². The molecule has 0 N–H and O–H groups in total. The highest BCUT2D eigenvalue weighted by atomic mass is 16.5. The number of pyridine rings is 1. The monoisotopic (exact) mass is 423 g/mol. The maximum Gasteiger partial charge on any atom is 0.254 e. The Balaban J connectivity index is 1.38. The van der Waals surface area contributed by atoms with Gasteiger partial charge in [0, 0.05) is 50.7 Å². The number of morpholine rings is 1. The molecule has 2 fully saturated rings. The van der Waals surface area contributed by atoms with E-state index in [1.807, 2.05) is 41.3 Å². The van der Waals surface area contributed by atoms with Crippen molar-refractivity contribution in [1.29, 1.82) is 0 Å². The highest BCUT2D eigenvalue weighted by molar-refractivity contribution is 5.94. The number of hydrogen-bond acceptors (Lipinski definition) is 5. The first kappa shape index (κ1) is 21.8. The average molecular weight is 424 g/mol. The zero-order valence-electron chi connectivity index (χ0n) is 18.2. The molecule has 1 aromatic carbocycles. The third kappa shape index (κ3) is 6.52. The molecule has 4 rings (SSSR count). The smallest absolute Gasteiger partial charge is 0.254 e. The maximum absolute atomic E-state index is 13.3. The minimum atomic E-state index is 0.0613. The summed E-state index contributed by atoms with van der Waals surface area (Å²) in [5, 5.41) is 0. The van der Waals surface area contributed by atoms with Crippen molar-refractivity contribution in [2.24, 2.45) is 0 Å². The van der Waals surface area contributed by atoms with E-state index in [4.69, 9.17) is 9.47 Å². The fourth-order valence-electron chi connectivity index (χ4n) is 4.33. The Bertz CT molecular complexity index is 801. The summed E-state index contributed by atoms with van der Waals surface area (Å²) in [6.07, 6.45) is 9.57. The third-order valence-corrected chi connectivity index (χ3v) is 6.12. The van der Waals surface area contributed by atoms with Crippen molar-refractivity contribution in [3.63, 3.8) is 0 Å². The first-order chi connectivity index (χ1) is 15.3. The number of nitrogens with zero attached hydrogens (tertiary/aromatic N) is 3. The quantitative estimate of drug-likeness (QED) is 0.615. The second kappa shape index (κ2) is 11.3. The molecule has 2 aliphatic rings. The second-order valence-electron chi connectivity index (χ2n) is 8.44. The molecule has 0 atom stereocenters. The van der Waals surface area contributed by atoms with Gasteiger partial charge in [-0.15, -0.1) is 0 Å². The lowest BCUT2D eigenvalue weighted by atomic mass is 10.1. The molecule has 1 amide bonds. The minimum Gasteiger partial charge on any atom is -0.490 e. The molecule has 2 heterocycles.